The average Bonchev–Trinajstić information content (AvgIpc) is 3.07. The number of methoxy groups -OCH3 is 1. The van der Waals surface area contributed by atoms with E-state index in [0.29, 0.717) is 26.0 Å². The first-order chi connectivity index (χ1) is 13.7. The molecule has 0 radical (unpaired) electrons. The zero-order valence-electron chi connectivity index (χ0n) is 17.0. The van der Waals surface area contributed by atoms with Crippen LogP contribution in [0.3, 0.4) is 0 Å². The van der Waals surface area contributed by atoms with Crippen molar-refractivity contribution in [2.24, 2.45) is 5.92 Å². The van der Waals surface area contributed by atoms with Crippen molar-refractivity contribution in [2.45, 2.75) is 57.0 Å². The Kier molecular flexibility index (Phi) is 8.27. The van der Waals surface area contributed by atoms with E-state index < -0.39 is 0 Å². The van der Waals surface area contributed by atoms with Crippen molar-refractivity contribution in [3.63, 3.8) is 0 Å². The van der Waals surface area contributed by atoms with E-state index >= 15 is 0 Å². The predicted octanol–water partition coefficient (Wildman–Crippen LogP) is 3.00. The van der Waals surface area contributed by atoms with Gasteiger partial charge in [-0.15, -0.1) is 0 Å². The third-order valence-electron chi connectivity index (χ3n) is 5.83. The van der Waals surface area contributed by atoms with Gasteiger partial charge in [0.25, 0.3) is 0 Å². The minimum absolute atomic E-state index is 0.0492. The summed E-state index contributed by atoms with van der Waals surface area (Å²) in [5.74, 6) is -0.0288. The molecular weight excluding hydrogens is 358 g/mol. The Hall–Kier alpha value is -1.47. The lowest BCUT2D eigenvalue weighted by molar-refractivity contribution is -0.147. The summed E-state index contributed by atoms with van der Waals surface area (Å²) in [4.78, 5) is 13.9. The first-order valence-corrected chi connectivity index (χ1v) is 10.3. The van der Waals surface area contributed by atoms with Crippen molar-refractivity contribution >= 4 is 5.97 Å². The molecule has 1 aromatic rings. The first-order valence-electron chi connectivity index (χ1n) is 10.3. The van der Waals surface area contributed by atoms with Gasteiger partial charge in [0.1, 0.15) is 6.79 Å². The van der Waals surface area contributed by atoms with Crippen LogP contribution in [-0.4, -0.2) is 63.2 Å². The summed E-state index contributed by atoms with van der Waals surface area (Å²) in [6.07, 6.45) is 5.09. The molecule has 6 heteroatoms. The molecule has 1 aliphatic carbocycles. The number of rotatable bonds is 9. The third-order valence-corrected chi connectivity index (χ3v) is 5.83. The van der Waals surface area contributed by atoms with Crippen LogP contribution < -0.4 is 0 Å². The molecule has 3 rings (SSSR count). The van der Waals surface area contributed by atoms with Crippen LogP contribution in [0, 0.1) is 5.92 Å². The molecule has 0 N–H and O–H groups in total. The third kappa shape index (κ3) is 6.27. The Balaban J connectivity index is 1.29. The Labute approximate surface area is 168 Å². The highest BCUT2D eigenvalue weighted by molar-refractivity contribution is 5.72. The molecule has 0 amide bonds. The monoisotopic (exact) mass is 391 g/mol. The molecule has 1 saturated heterocycles. The summed E-state index contributed by atoms with van der Waals surface area (Å²) in [5, 5.41) is 0. The molecule has 1 saturated carbocycles. The number of benzene rings is 1. The van der Waals surface area contributed by atoms with Crippen LogP contribution in [-0.2, 0) is 30.3 Å². The number of hydrogen-bond donors (Lipinski definition) is 0. The maximum atomic E-state index is 11.6. The number of carbonyl (C=O) groups excluding carboxylic acids is 1. The number of likely N-dealkylation sites (N-methyl/N-ethyl adjacent to an activating group) is 1. The van der Waals surface area contributed by atoms with Crippen LogP contribution in [0.1, 0.15) is 37.7 Å². The van der Waals surface area contributed by atoms with Crippen LogP contribution in [0.2, 0.25) is 0 Å². The first kappa shape index (κ1) is 21.2. The van der Waals surface area contributed by atoms with Gasteiger partial charge in [-0.25, -0.2) is 0 Å². The highest BCUT2D eigenvalue weighted by Crippen LogP contribution is 2.30. The maximum Gasteiger partial charge on any atom is 0.308 e. The van der Waals surface area contributed by atoms with Gasteiger partial charge in [0.05, 0.1) is 38.4 Å². The molecule has 156 valence electrons. The second-order valence-electron chi connectivity index (χ2n) is 7.91. The summed E-state index contributed by atoms with van der Waals surface area (Å²) in [6, 6.07) is 10.5. The van der Waals surface area contributed by atoms with Gasteiger partial charge in [-0.3, -0.25) is 9.69 Å². The van der Waals surface area contributed by atoms with Gasteiger partial charge >= 0.3 is 5.97 Å². The van der Waals surface area contributed by atoms with E-state index in [9.17, 15) is 4.79 Å². The zero-order chi connectivity index (χ0) is 19.8. The van der Waals surface area contributed by atoms with Gasteiger partial charge in [-0.1, -0.05) is 30.3 Å². The molecule has 2 atom stereocenters. The van der Waals surface area contributed by atoms with E-state index in [2.05, 4.69) is 11.9 Å². The van der Waals surface area contributed by atoms with Gasteiger partial charge in [-0.2, -0.15) is 0 Å². The highest BCUT2D eigenvalue weighted by atomic mass is 16.7. The van der Waals surface area contributed by atoms with Crippen molar-refractivity contribution in [1.29, 1.82) is 0 Å². The van der Waals surface area contributed by atoms with E-state index in [4.69, 9.17) is 18.9 Å². The van der Waals surface area contributed by atoms with Crippen LogP contribution in [0.5, 0.6) is 0 Å². The highest BCUT2D eigenvalue weighted by Gasteiger charge is 2.34. The van der Waals surface area contributed by atoms with Gasteiger partial charge in [0.15, 0.2) is 0 Å². The molecule has 2 aliphatic rings. The van der Waals surface area contributed by atoms with Crippen LogP contribution in [0.25, 0.3) is 0 Å². The fraction of sp³-hybridized carbons (Fsp3) is 0.682. The topological polar surface area (TPSA) is 57.2 Å². The summed E-state index contributed by atoms with van der Waals surface area (Å²) in [7, 11) is 3.59. The second kappa shape index (κ2) is 10.9. The lowest BCUT2D eigenvalue weighted by Gasteiger charge is -2.29. The zero-order valence-corrected chi connectivity index (χ0v) is 17.0. The molecule has 1 aromatic carbocycles. The number of hydrogen-bond acceptors (Lipinski definition) is 6. The van der Waals surface area contributed by atoms with Gasteiger partial charge in [0, 0.05) is 12.6 Å². The second-order valence-corrected chi connectivity index (χ2v) is 7.91. The van der Waals surface area contributed by atoms with E-state index in [1.165, 1.54) is 7.11 Å². The SMILES string of the molecule is COC(=O)C1CCC(O[C@@H]2CC(COCOCc3ccccc3)N(C)C2)CC1. The van der Waals surface area contributed by atoms with E-state index in [-0.39, 0.29) is 24.1 Å². The minimum atomic E-state index is -0.0780. The number of ether oxygens (including phenoxy) is 4. The minimum Gasteiger partial charge on any atom is -0.469 e. The lowest BCUT2D eigenvalue weighted by Crippen LogP contribution is -2.31. The van der Waals surface area contributed by atoms with Crippen LogP contribution in [0.15, 0.2) is 30.3 Å². The summed E-state index contributed by atoms with van der Waals surface area (Å²) >= 11 is 0. The van der Waals surface area contributed by atoms with Crippen molar-refractivity contribution in [1.82, 2.24) is 4.90 Å². The largest absolute Gasteiger partial charge is 0.469 e. The number of nitrogens with zero attached hydrogens (tertiary/aromatic N) is 1. The number of carbonyl (C=O) groups is 1. The van der Waals surface area contributed by atoms with Gasteiger partial charge < -0.3 is 18.9 Å². The summed E-state index contributed by atoms with van der Waals surface area (Å²) < 4.78 is 22.5. The fourth-order valence-electron chi connectivity index (χ4n) is 4.17. The van der Waals surface area contributed by atoms with Crippen molar-refractivity contribution in [3.8, 4) is 0 Å². The summed E-state index contributed by atoms with van der Waals surface area (Å²) in [6.45, 7) is 2.46. The van der Waals surface area contributed by atoms with Crippen molar-refractivity contribution in [2.75, 3.05) is 34.1 Å². The van der Waals surface area contributed by atoms with E-state index in [0.717, 1.165) is 44.2 Å². The predicted molar refractivity (Wildman–Crippen MR) is 106 cm³/mol. The molecular formula is C22H33NO5. The molecule has 6 nitrogen and oxygen atoms in total. The molecule has 1 heterocycles. The number of esters is 1. The standard InChI is InChI=1S/C22H33NO5/c1-23-13-21(28-20-10-8-18(9-11-20)22(24)25-2)12-19(23)15-27-16-26-14-17-6-4-3-5-7-17/h3-7,18-21H,8-16H2,1-2H3/t18?,19?,20?,21-/m1/s1. The van der Waals surface area contributed by atoms with Crippen molar-refractivity contribution in [3.05, 3.63) is 35.9 Å². The Morgan fingerprint density at radius 2 is 1.82 bits per heavy atom. The molecule has 0 spiro atoms. The van der Waals surface area contributed by atoms with Crippen LogP contribution >= 0.6 is 0 Å². The molecule has 2 fully saturated rings. The molecule has 0 aromatic heterocycles. The Bertz CT molecular complexity index is 588. The van der Waals surface area contributed by atoms with Crippen LogP contribution in [0.4, 0.5) is 0 Å². The Morgan fingerprint density at radius 1 is 1.07 bits per heavy atom. The average molecular weight is 392 g/mol. The van der Waals surface area contributed by atoms with E-state index in [1.54, 1.807) is 0 Å². The number of likely N-dealkylation sites (tertiary alicyclic amines) is 1. The Morgan fingerprint density at radius 3 is 2.54 bits per heavy atom. The molecule has 1 aliphatic heterocycles. The van der Waals surface area contributed by atoms with Gasteiger partial charge in [-0.05, 0) is 44.7 Å². The normalized spacial score (nSPS) is 28.4. The van der Waals surface area contributed by atoms with Crippen molar-refractivity contribution < 1.29 is 23.7 Å². The smallest absolute Gasteiger partial charge is 0.308 e. The maximum absolute atomic E-state index is 11.6. The fourth-order valence-corrected chi connectivity index (χ4v) is 4.17. The quantitative estimate of drug-likeness (QED) is 0.366. The molecule has 1 unspecified atom stereocenters. The van der Waals surface area contributed by atoms with E-state index in [1.807, 2.05) is 30.3 Å². The molecule has 0 bridgehead atoms. The van der Waals surface area contributed by atoms with Gasteiger partial charge in [0.2, 0.25) is 0 Å². The lowest BCUT2D eigenvalue weighted by atomic mass is 9.87. The molecule has 28 heavy (non-hydrogen) atoms. The summed E-state index contributed by atoms with van der Waals surface area (Å²) in [5.41, 5.74) is 1.15.